The molecule has 1 heterocycles. The monoisotopic (exact) mass is 545 g/mol. The first-order chi connectivity index (χ1) is 16.4. The van der Waals surface area contributed by atoms with Gasteiger partial charge in [0.15, 0.2) is 22.5 Å². The Labute approximate surface area is 210 Å². The van der Waals surface area contributed by atoms with Crippen LogP contribution >= 0.6 is 27.7 Å². The summed E-state index contributed by atoms with van der Waals surface area (Å²) < 4.78 is 13.2. The fraction of sp³-hybridized carbons (Fsp3) is 0.217. The number of aromatic nitrogens is 3. The molecule has 0 atom stereocenters. The van der Waals surface area contributed by atoms with Crippen molar-refractivity contribution in [3.05, 3.63) is 71.0 Å². The molecule has 3 aromatic rings. The third-order valence-corrected chi connectivity index (χ3v) is 6.11. The highest BCUT2D eigenvalue weighted by molar-refractivity contribution is 9.10. The molecular weight excluding hydrogens is 522 g/mol. The van der Waals surface area contributed by atoms with Crippen LogP contribution in [-0.4, -0.2) is 46.6 Å². The fourth-order valence-electron chi connectivity index (χ4n) is 2.97. The third kappa shape index (κ3) is 6.61. The van der Waals surface area contributed by atoms with Crippen molar-refractivity contribution in [2.24, 2.45) is 0 Å². The maximum Gasteiger partial charge on any atom is 0.251 e. The van der Waals surface area contributed by atoms with Gasteiger partial charge in [0.2, 0.25) is 5.91 Å². The van der Waals surface area contributed by atoms with Crippen molar-refractivity contribution in [2.45, 2.75) is 18.2 Å². The number of rotatable bonds is 11. The standard InChI is InChI=1S/C23H24BrN5O4S/c1-4-11-29-20(13-25-22(31)15-5-10-18(32-2)19(12-15)33-3)27-28-23(29)34-14-21(30)26-17-8-6-16(24)7-9-17/h4-10,12H,1,11,13-14H2,2-3H3,(H,25,31)(H,26,30). The largest absolute Gasteiger partial charge is 0.493 e. The number of nitrogens with one attached hydrogen (secondary N) is 2. The minimum absolute atomic E-state index is 0.152. The quantitative estimate of drug-likeness (QED) is 0.278. The number of carbonyl (C=O) groups is 2. The van der Waals surface area contributed by atoms with Gasteiger partial charge in [0.1, 0.15) is 0 Å². The van der Waals surface area contributed by atoms with E-state index in [1.165, 1.54) is 26.0 Å². The number of benzene rings is 2. The van der Waals surface area contributed by atoms with Crippen LogP contribution < -0.4 is 20.1 Å². The summed E-state index contributed by atoms with van der Waals surface area (Å²) in [6.45, 7) is 4.36. The van der Waals surface area contributed by atoms with Crippen molar-refractivity contribution in [1.29, 1.82) is 0 Å². The first-order valence-electron chi connectivity index (χ1n) is 10.2. The molecule has 0 saturated carbocycles. The molecule has 0 spiro atoms. The maximum atomic E-state index is 12.6. The van der Waals surface area contributed by atoms with Crippen molar-refractivity contribution < 1.29 is 19.1 Å². The van der Waals surface area contributed by atoms with Crippen molar-refractivity contribution in [2.75, 3.05) is 25.3 Å². The van der Waals surface area contributed by atoms with Gasteiger partial charge in [-0.05, 0) is 42.5 Å². The minimum Gasteiger partial charge on any atom is -0.493 e. The lowest BCUT2D eigenvalue weighted by molar-refractivity contribution is -0.113. The van der Waals surface area contributed by atoms with E-state index >= 15 is 0 Å². The second kappa shape index (κ2) is 12.2. The Hall–Kier alpha value is -3.31. The van der Waals surface area contributed by atoms with E-state index in [0.29, 0.717) is 40.3 Å². The van der Waals surface area contributed by atoms with Gasteiger partial charge in [-0.3, -0.25) is 9.59 Å². The summed E-state index contributed by atoms with van der Waals surface area (Å²) in [7, 11) is 3.04. The number of nitrogens with zero attached hydrogens (tertiary/aromatic N) is 3. The van der Waals surface area contributed by atoms with Crippen LogP contribution in [0.4, 0.5) is 5.69 Å². The molecule has 2 amide bonds. The number of anilines is 1. The van der Waals surface area contributed by atoms with Gasteiger partial charge in [-0.15, -0.1) is 16.8 Å². The molecule has 3 rings (SSSR count). The highest BCUT2D eigenvalue weighted by atomic mass is 79.9. The van der Waals surface area contributed by atoms with Crippen LogP contribution in [0.2, 0.25) is 0 Å². The predicted octanol–water partition coefficient (Wildman–Crippen LogP) is 3.90. The summed E-state index contributed by atoms with van der Waals surface area (Å²) in [5.74, 6) is 1.25. The molecule has 0 aliphatic rings. The summed E-state index contributed by atoms with van der Waals surface area (Å²) in [6.07, 6.45) is 1.70. The van der Waals surface area contributed by atoms with Gasteiger partial charge in [-0.1, -0.05) is 33.8 Å². The Bertz CT molecular complexity index is 1170. The Morgan fingerprint density at radius 2 is 1.85 bits per heavy atom. The van der Waals surface area contributed by atoms with Gasteiger partial charge in [0.05, 0.1) is 26.5 Å². The first kappa shape index (κ1) is 25.3. The van der Waals surface area contributed by atoms with Crippen molar-refractivity contribution in [3.63, 3.8) is 0 Å². The maximum absolute atomic E-state index is 12.6. The van der Waals surface area contributed by atoms with E-state index < -0.39 is 0 Å². The average Bonchev–Trinajstić information content (AvgIpc) is 3.23. The summed E-state index contributed by atoms with van der Waals surface area (Å²) in [6, 6.07) is 12.3. The van der Waals surface area contributed by atoms with Crippen LogP contribution in [0.3, 0.4) is 0 Å². The number of allylic oxidation sites excluding steroid dienone is 1. The molecule has 0 aliphatic heterocycles. The number of hydrogen-bond donors (Lipinski definition) is 2. The average molecular weight is 546 g/mol. The smallest absolute Gasteiger partial charge is 0.251 e. The van der Waals surface area contributed by atoms with E-state index in [1.54, 1.807) is 28.8 Å². The molecule has 11 heteroatoms. The lowest BCUT2D eigenvalue weighted by Gasteiger charge is -2.11. The van der Waals surface area contributed by atoms with E-state index in [4.69, 9.17) is 9.47 Å². The Morgan fingerprint density at radius 1 is 1.12 bits per heavy atom. The highest BCUT2D eigenvalue weighted by Gasteiger charge is 2.16. The Kier molecular flexibility index (Phi) is 9.11. The summed E-state index contributed by atoms with van der Waals surface area (Å²) in [5, 5.41) is 14.6. The highest BCUT2D eigenvalue weighted by Crippen LogP contribution is 2.27. The van der Waals surface area contributed by atoms with Crippen LogP contribution in [0, 0.1) is 0 Å². The fourth-order valence-corrected chi connectivity index (χ4v) is 4.00. The van der Waals surface area contributed by atoms with Crippen LogP contribution in [0.25, 0.3) is 0 Å². The molecule has 0 saturated heterocycles. The molecule has 0 unspecified atom stereocenters. The zero-order chi connectivity index (χ0) is 24.5. The lowest BCUT2D eigenvalue weighted by atomic mass is 10.2. The van der Waals surface area contributed by atoms with Crippen LogP contribution in [0.15, 0.2) is 64.7 Å². The molecule has 0 radical (unpaired) electrons. The Morgan fingerprint density at radius 3 is 2.53 bits per heavy atom. The minimum atomic E-state index is -0.294. The molecule has 1 aromatic heterocycles. The van der Waals surface area contributed by atoms with Gasteiger partial charge in [0, 0.05) is 22.3 Å². The molecule has 178 valence electrons. The van der Waals surface area contributed by atoms with Gasteiger partial charge in [-0.25, -0.2) is 0 Å². The van der Waals surface area contributed by atoms with E-state index in [9.17, 15) is 9.59 Å². The molecule has 0 aliphatic carbocycles. The number of hydrogen-bond acceptors (Lipinski definition) is 7. The second-order valence-corrected chi connectivity index (χ2v) is 8.75. The lowest BCUT2D eigenvalue weighted by Crippen LogP contribution is -2.25. The van der Waals surface area contributed by atoms with Gasteiger partial charge in [-0.2, -0.15) is 0 Å². The van der Waals surface area contributed by atoms with Crippen LogP contribution in [0.5, 0.6) is 11.5 Å². The molecule has 0 fully saturated rings. The number of ether oxygens (including phenoxy) is 2. The zero-order valence-electron chi connectivity index (χ0n) is 18.7. The van der Waals surface area contributed by atoms with Gasteiger partial charge >= 0.3 is 0 Å². The number of methoxy groups -OCH3 is 2. The second-order valence-electron chi connectivity index (χ2n) is 6.89. The van der Waals surface area contributed by atoms with Crippen molar-refractivity contribution >= 4 is 45.2 Å². The summed E-state index contributed by atoms with van der Waals surface area (Å²) in [4.78, 5) is 24.9. The normalized spacial score (nSPS) is 10.4. The van der Waals surface area contributed by atoms with Crippen LogP contribution in [-0.2, 0) is 17.9 Å². The number of amides is 2. The predicted molar refractivity (Wildman–Crippen MR) is 134 cm³/mol. The molecular formula is C23H24BrN5O4S. The van der Waals surface area contributed by atoms with E-state index in [1.807, 2.05) is 24.3 Å². The number of carbonyl (C=O) groups excluding carboxylic acids is 2. The molecule has 0 bridgehead atoms. The van der Waals surface area contributed by atoms with Crippen molar-refractivity contribution in [1.82, 2.24) is 20.1 Å². The van der Waals surface area contributed by atoms with E-state index in [0.717, 1.165) is 4.47 Å². The number of halogens is 1. The summed E-state index contributed by atoms with van der Waals surface area (Å²) >= 11 is 4.62. The zero-order valence-corrected chi connectivity index (χ0v) is 21.1. The molecule has 34 heavy (non-hydrogen) atoms. The first-order valence-corrected chi connectivity index (χ1v) is 11.9. The van der Waals surface area contributed by atoms with Gasteiger partial charge in [0.25, 0.3) is 5.91 Å². The molecule has 2 N–H and O–H groups in total. The number of thioether (sulfide) groups is 1. The SMILES string of the molecule is C=CCn1c(CNC(=O)c2ccc(OC)c(OC)c2)nnc1SCC(=O)Nc1ccc(Br)cc1. The third-order valence-electron chi connectivity index (χ3n) is 4.62. The summed E-state index contributed by atoms with van der Waals surface area (Å²) in [5.41, 5.74) is 1.13. The Balaban J connectivity index is 1.62. The topological polar surface area (TPSA) is 107 Å². The molecule has 2 aromatic carbocycles. The van der Waals surface area contributed by atoms with Crippen molar-refractivity contribution in [3.8, 4) is 11.5 Å². The van der Waals surface area contributed by atoms with Crippen LogP contribution in [0.1, 0.15) is 16.2 Å². The molecule has 9 nitrogen and oxygen atoms in total. The van der Waals surface area contributed by atoms with E-state index in [2.05, 4.69) is 43.3 Å². The van der Waals surface area contributed by atoms with Gasteiger partial charge < -0.3 is 24.7 Å². The van der Waals surface area contributed by atoms with E-state index in [-0.39, 0.29) is 24.1 Å².